The van der Waals surface area contributed by atoms with Gasteiger partial charge >= 0.3 is 29.9 Å². The molecule has 0 fully saturated rings. The second-order valence-electron chi connectivity index (χ2n) is 4.84. The Hall–Kier alpha value is -1.67. The predicted molar refractivity (Wildman–Crippen MR) is 60.4 cm³/mol. The molecular weight excluding hydrogens is 361 g/mol. The van der Waals surface area contributed by atoms with Crippen molar-refractivity contribution in [2.24, 2.45) is 11.8 Å². The highest BCUT2D eigenvalue weighted by molar-refractivity contribution is 5.74. The minimum atomic E-state index is -7.11. The molecule has 0 aliphatic carbocycles. The first kappa shape index (κ1) is 22.3. The fourth-order valence-electron chi connectivity index (χ4n) is 1.65. The number of halogens is 9. The number of nitrogens with zero attached hydrogens (tertiary/aromatic N) is 1. The molecule has 2 unspecified atom stereocenters. The highest BCUT2D eigenvalue weighted by Gasteiger charge is 2.83. The Bertz CT molecular complexity index is 496. The van der Waals surface area contributed by atoms with Crippen LogP contribution in [0.5, 0.6) is 0 Å². The third-order valence-corrected chi connectivity index (χ3v) is 2.99. The van der Waals surface area contributed by atoms with Crippen LogP contribution in [0.25, 0.3) is 0 Å². The minimum Gasteiger partial charge on any atom is -0.466 e. The van der Waals surface area contributed by atoms with Crippen molar-refractivity contribution in [3.8, 4) is 6.07 Å². The largest absolute Gasteiger partial charge is 0.466 e. The Morgan fingerprint density at radius 2 is 1.50 bits per heavy atom. The molecule has 24 heavy (non-hydrogen) atoms. The molecule has 0 aromatic carbocycles. The normalized spacial score (nSPS) is 16.2. The molecule has 2 atom stereocenters. The van der Waals surface area contributed by atoms with Crippen LogP contribution in [0.3, 0.4) is 0 Å². The highest BCUT2D eigenvalue weighted by Crippen LogP contribution is 2.56. The Labute approximate surface area is 130 Å². The maximum atomic E-state index is 13.8. The molecule has 0 saturated heterocycles. The number of alkyl halides is 9. The molecule has 0 amide bonds. The average Bonchev–Trinajstić information content (AvgIpc) is 2.42. The van der Waals surface area contributed by atoms with E-state index in [0.29, 0.717) is 0 Å². The van der Waals surface area contributed by atoms with Gasteiger partial charge in [-0.15, -0.1) is 0 Å². The van der Waals surface area contributed by atoms with Crippen molar-refractivity contribution in [3.05, 3.63) is 0 Å². The molecule has 0 saturated carbocycles. The molecule has 140 valence electrons. The van der Waals surface area contributed by atoms with Gasteiger partial charge in [0.05, 0.1) is 12.7 Å². The molecule has 0 aliphatic rings. The van der Waals surface area contributed by atoms with Gasteiger partial charge in [-0.05, 0) is 20.3 Å². The lowest BCUT2D eigenvalue weighted by Crippen LogP contribution is -2.64. The topological polar surface area (TPSA) is 50.1 Å². The summed E-state index contributed by atoms with van der Waals surface area (Å²) in [6.45, 7) is 1.35. The van der Waals surface area contributed by atoms with Gasteiger partial charge in [0, 0.05) is 5.92 Å². The second-order valence-corrected chi connectivity index (χ2v) is 4.84. The molecule has 0 radical (unpaired) electrons. The molecule has 0 heterocycles. The Morgan fingerprint density at radius 3 is 1.83 bits per heavy atom. The molecule has 12 heteroatoms. The molecule has 0 bridgehead atoms. The molecule has 3 nitrogen and oxygen atoms in total. The van der Waals surface area contributed by atoms with Gasteiger partial charge in [0.25, 0.3) is 0 Å². The van der Waals surface area contributed by atoms with E-state index in [4.69, 9.17) is 5.26 Å². The van der Waals surface area contributed by atoms with Crippen molar-refractivity contribution >= 4 is 5.97 Å². The van der Waals surface area contributed by atoms with E-state index in [2.05, 4.69) is 4.74 Å². The number of carbonyl (C=O) groups excluding carboxylic acids is 1. The summed E-state index contributed by atoms with van der Waals surface area (Å²) in [5.41, 5.74) is 0. The number of esters is 1. The van der Waals surface area contributed by atoms with Crippen molar-refractivity contribution in [2.45, 2.75) is 44.2 Å². The third kappa shape index (κ3) is 3.87. The maximum Gasteiger partial charge on any atom is 0.460 e. The van der Waals surface area contributed by atoms with Crippen molar-refractivity contribution in [1.82, 2.24) is 0 Å². The fraction of sp³-hybridized carbons (Fsp3) is 0.833. The SMILES string of the molecule is CCOC(=O)C(CC(C)C#N)C(F)(F)C(F)(F)C(F)(F)C(F)(F)F. The lowest BCUT2D eigenvalue weighted by molar-refractivity contribution is -0.402. The van der Waals surface area contributed by atoms with E-state index in [1.54, 1.807) is 0 Å². The Morgan fingerprint density at radius 1 is 1.04 bits per heavy atom. The lowest BCUT2D eigenvalue weighted by Gasteiger charge is -2.37. The number of nitriles is 1. The monoisotopic (exact) mass is 373 g/mol. The standard InChI is InChI=1S/C12H12F9NO2/c1-3-24-8(23)7(4-6(2)5-22)9(13,14)10(15,16)11(17,18)12(19,20)21/h6-7H,3-4H2,1-2H3. The van der Waals surface area contributed by atoms with E-state index in [9.17, 15) is 44.3 Å². The zero-order valence-electron chi connectivity index (χ0n) is 12.2. The second kappa shape index (κ2) is 7.06. The predicted octanol–water partition coefficient (Wildman–Crippen LogP) is 4.18. The van der Waals surface area contributed by atoms with Crippen LogP contribution in [0, 0.1) is 23.2 Å². The van der Waals surface area contributed by atoms with Crippen molar-refractivity contribution in [1.29, 1.82) is 5.26 Å². The van der Waals surface area contributed by atoms with Gasteiger partial charge in [-0.3, -0.25) is 4.79 Å². The van der Waals surface area contributed by atoms with Crippen LogP contribution >= 0.6 is 0 Å². The average molecular weight is 373 g/mol. The molecule has 0 aliphatic heterocycles. The number of rotatable bonds is 7. The first-order chi connectivity index (χ1) is 10.6. The van der Waals surface area contributed by atoms with Crippen LogP contribution < -0.4 is 0 Å². The number of carbonyl (C=O) groups is 1. The van der Waals surface area contributed by atoms with E-state index in [1.165, 1.54) is 6.07 Å². The summed E-state index contributed by atoms with van der Waals surface area (Å²) in [6, 6.07) is 1.29. The van der Waals surface area contributed by atoms with Gasteiger partial charge in [-0.2, -0.15) is 44.8 Å². The summed E-state index contributed by atoms with van der Waals surface area (Å²) >= 11 is 0. The summed E-state index contributed by atoms with van der Waals surface area (Å²) in [4.78, 5) is 11.4. The van der Waals surface area contributed by atoms with Gasteiger partial charge in [0.1, 0.15) is 5.92 Å². The van der Waals surface area contributed by atoms with Gasteiger partial charge in [-0.25, -0.2) is 0 Å². The third-order valence-electron chi connectivity index (χ3n) is 2.99. The van der Waals surface area contributed by atoms with Crippen molar-refractivity contribution < 1.29 is 49.0 Å². The van der Waals surface area contributed by atoms with E-state index in [1.807, 2.05) is 0 Å². The number of hydrogen-bond donors (Lipinski definition) is 0. The van der Waals surface area contributed by atoms with Crippen LogP contribution in [0.1, 0.15) is 20.3 Å². The zero-order chi connectivity index (χ0) is 19.6. The summed E-state index contributed by atoms with van der Waals surface area (Å²) in [7, 11) is 0. The van der Waals surface area contributed by atoms with Gasteiger partial charge in [0.15, 0.2) is 0 Å². The van der Waals surface area contributed by atoms with Crippen LogP contribution in [0.2, 0.25) is 0 Å². The molecule has 0 N–H and O–H groups in total. The first-order valence-electron chi connectivity index (χ1n) is 6.34. The smallest absolute Gasteiger partial charge is 0.460 e. The Kier molecular flexibility index (Phi) is 6.57. The van der Waals surface area contributed by atoms with Crippen LogP contribution in [-0.2, 0) is 9.53 Å². The molecule has 0 aromatic rings. The van der Waals surface area contributed by atoms with Crippen molar-refractivity contribution in [3.63, 3.8) is 0 Å². The molecular formula is C12H12F9NO2. The lowest BCUT2D eigenvalue weighted by atomic mass is 9.85. The highest BCUT2D eigenvalue weighted by atomic mass is 19.4. The van der Waals surface area contributed by atoms with E-state index >= 15 is 0 Å². The van der Waals surface area contributed by atoms with E-state index in [0.717, 1.165) is 13.8 Å². The Balaban J connectivity index is 6.06. The quantitative estimate of drug-likeness (QED) is 0.497. The van der Waals surface area contributed by atoms with Gasteiger partial charge in [0.2, 0.25) is 0 Å². The van der Waals surface area contributed by atoms with E-state index < -0.39 is 54.8 Å². The summed E-state index contributed by atoms with van der Waals surface area (Å²) in [5.74, 6) is -27.2. The summed E-state index contributed by atoms with van der Waals surface area (Å²) in [5, 5.41) is 8.49. The molecule has 0 rings (SSSR count). The molecule has 0 spiro atoms. The number of ether oxygens (including phenoxy) is 1. The zero-order valence-corrected chi connectivity index (χ0v) is 12.2. The van der Waals surface area contributed by atoms with Crippen LogP contribution in [-0.4, -0.2) is 36.5 Å². The van der Waals surface area contributed by atoms with Crippen LogP contribution in [0.15, 0.2) is 0 Å². The van der Waals surface area contributed by atoms with E-state index in [-0.39, 0.29) is 0 Å². The maximum absolute atomic E-state index is 13.8. The number of hydrogen-bond acceptors (Lipinski definition) is 3. The fourth-order valence-corrected chi connectivity index (χ4v) is 1.65. The first-order valence-corrected chi connectivity index (χ1v) is 6.34. The molecule has 0 aromatic heterocycles. The summed E-state index contributed by atoms with van der Waals surface area (Å²) in [6.07, 6.45) is -8.38. The van der Waals surface area contributed by atoms with Crippen LogP contribution in [0.4, 0.5) is 39.5 Å². The van der Waals surface area contributed by atoms with Crippen molar-refractivity contribution in [2.75, 3.05) is 6.61 Å². The minimum absolute atomic E-state index is 0.617. The summed E-state index contributed by atoms with van der Waals surface area (Å²) < 4.78 is 120. The van der Waals surface area contributed by atoms with Gasteiger partial charge < -0.3 is 4.74 Å². The van der Waals surface area contributed by atoms with Gasteiger partial charge in [-0.1, -0.05) is 0 Å².